The molecule has 0 aliphatic heterocycles. The van der Waals surface area contributed by atoms with Crippen LogP contribution in [0.5, 0.6) is 0 Å². The maximum atomic E-state index is 6.00. The summed E-state index contributed by atoms with van der Waals surface area (Å²) in [7, 11) is 2.20. The summed E-state index contributed by atoms with van der Waals surface area (Å²) < 4.78 is 0. The maximum Gasteiger partial charge on any atom is 0.0271 e. The summed E-state index contributed by atoms with van der Waals surface area (Å²) in [6.45, 7) is 1.74. The molecule has 1 saturated carbocycles. The van der Waals surface area contributed by atoms with E-state index >= 15 is 0 Å². The van der Waals surface area contributed by atoms with Crippen LogP contribution in [-0.4, -0.2) is 29.5 Å². The topological polar surface area (TPSA) is 42.2 Å². The Labute approximate surface area is 110 Å². The van der Waals surface area contributed by atoms with E-state index in [1.165, 1.54) is 37.7 Å². The number of pyridine rings is 1. The number of likely N-dealkylation sites (N-methyl/N-ethyl adjacent to an activating group) is 1. The number of nitrogens with two attached hydrogens (primary N) is 1. The first-order valence-corrected chi connectivity index (χ1v) is 7.10. The van der Waals surface area contributed by atoms with E-state index in [0.29, 0.717) is 6.04 Å². The molecule has 0 radical (unpaired) electrons. The number of rotatable bonds is 5. The Hall–Kier alpha value is -0.930. The van der Waals surface area contributed by atoms with E-state index in [1.807, 2.05) is 12.4 Å². The maximum absolute atomic E-state index is 6.00. The molecule has 1 aromatic heterocycles. The second kappa shape index (κ2) is 6.86. The molecule has 1 unspecified atom stereocenters. The minimum Gasteiger partial charge on any atom is -0.329 e. The highest BCUT2D eigenvalue weighted by Gasteiger charge is 2.25. The molecule has 0 spiro atoms. The van der Waals surface area contributed by atoms with Crippen LogP contribution in [0.15, 0.2) is 24.5 Å². The molecule has 0 amide bonds. The van der Waals surface area contributed by atoms with Crippen molar-refractivity contribution < 1.29 is 0 Å². The Balaban J connectivity index is 1.94. The van der Waals surface area contributed by atoms with Crippen molar-refractivity contribution in [3.63, 3.8) is 0 Å². The minimum absolute atomic E-state index is 0.526. The molecular formula is C15H25N3. The van der Waals surface area contributed by atoms with E-state index in [4.69, 9.17) is 5.73 Å². The van der Waals surface area contributed by atoms with Gasteiger partial charge >= 0.3 is 0 Å². The first-order valence-electron chi connectivity index (χ1n) is 7.10. The average molecular weight is 247 g/mol. The Kier molecular flexibility index (Phi) is 5.14. The zero-order valence-electron chi connectivity index (χ0n) is 11.4. The van der Waals surface area contributed by atoms with Crippen molar-refractivity contribution in [3.8, 4) is 0 Å². The van der Waals surface area contributed by atoms with Crippen LogP contribution in [0, 0.1) is 5.92 Å². The van der Waals surface area contributed by atoms with Gasteiger partial charge in [-0.3, -0.25) is 9.88 Å². The third-order valence-corrected chi connectivity index (χ3v) is 4.18. The number of hydrogen-bond donors (Lipinski definition) is 1. The Morgan fingerprint density at radius 1 is 1.28 bits per heavy atom. The summed E-state index contributed by atoms with van der Waals surface area (Å²) in [6, 6.07) is 4.70. The van der Waals surface area contributed by atoms with E-state index in [9.17, 15) is 0 Å². The van der Waals surface area contributed by atoms with Crippen LogP contribution >= 0.6 is 0 Å². The summed E-state index contributed by atoms with van der Waals surface area (Å²) in [6.07, 6.45) is 10.6. The second-order valence-corrected chi connectivity index (χ2v) is 5.47. The fraction of sp³-hybridized carbons (Fsp3) is 0.667. The van der Waals surface area contributed by atoms with Crippen LogP contribution < -0.4 is 5.73 Å². The molecule has 3 nitrogen and oxygen atoms in total. The number of hydrogen-bond acceptors (Lipinski definition) is 3. The smallest absolute Gasteiger partial charge is 0.0271 e. The van der Waals surface area contributed by atoms with Crippen LogP contribution in [-0.2, 0) is 6.54 Å². The van der Waals surface area contributed by atoms with Crippen molar-refractivity contribution >= 4 is 0 Å². The molecule has 0 aromatic carbocycles. The van der Waals surface area contributed by atoms with Gasteiger partial charge in [-0.05, 0) is 43.5 Å². The van der Waals surface area contributed by atoms with Gasteiger partial charge in [0.05, 0.1) is 0 Å². The molecule has 3 heteroatoms. The molecular weight excluding hydrogens is 222 g/mol. The van der Waals surface area contributed by atoms with Gasteiger partial charge in [0, 0.05) is 31.5 Å². The Morgan fingerprint density at radius 3 is 2.56 bits per heavy atom. The third kappa shape index (κ3) is 3.53. The van der Waals surface area contributed by atoms with Crippen molar-refractivity contribution in [3.05, 3.63) is 30.1 Å². The van der Waals surface area contributed by atoms with E-state index < -0.39 is 0 Å². The summed E-state index contributed by atoms with van der Waals surface area (Å²) in [4.78, 5) is 6.49. The van der Waals surface area contributed by atoms with Crippen molar-refractivity contribution in [2.45, 2.75) is 44.7 Å². The summed E-state index contributed by atoms with van der Waals surface area (Å²) in [5, 5.41) is 0. The predicted octanol–water partition coefficient (Wildman–Crippen LogP) is 2.42. The third-order valence-electron chi connectivity index (χ3n) is 4.18. The minimum atomic E-state index is 0.526. The molecule has 2 rings (SSSR count). The molecule has 1 heterocycles. The molecule has 1 aliphatic rings. The quantitative estimate of drug-likeness (QED) is 0.869. The molecule has 1 fully saturated rings. The lowest BCUT2D eigenvalue weighted by Gasteiger charge is -2.36. The highest BCUT2D eigenvalue weighted by atomic mass is 15.1. The summed E-state index contributed by atoms with van der Waals surface area (Å²) in [5.74, 6) is 0.788. The van der Waals surface area contributed by atoms with Gasteiger partial charge in [-0.1, -0.05) is 19.3 Å². The molecule has 18 heavy (non-hydrogen) atoms. The summed E-state index contributed by atoms with van der Waals surface area (Å²) in [5.41, 5.74) is 7.33. The molecule has 100 valence electrons. The van der Waals surface area contributed by atoms with E-state index in [2.05, 4.69) is 29.1 Å². The average Bonchev–Trinajstić information content (AvgIpc) is 2.42. The van der Waals surface area contributed by atoms with Gasteiger partial charge in [0.25, 0.3) is 0 Å². The first-order chi connectivity index (χ1) is 8.81. The van der Waals surface area contributed by atoms with Crippen molar-refractivity contribution in [2.75, 3.05) is 13.6 Å². The normalized spacial score (nSPS) is 19.1. The van der Waals surface area contributed by atoms with Crippen LogP contribution in [0.1, 0.15) is 37.7 Å². The van der Waals surface area contributed by atoms with Crippen LogP contribution in [0.25, 0.3) is 0 Å². The standard InChI is InChI=1S/C15H25N3/c1-18(12-13-7-9-17-10-8-13)15(11-16)14-5-3-2-4-6-14/h7-10,14-15H,2-6,11-12,16H2,1H3. The molecule has 0 saturated heterocycles. The lowest BCUT2D eigenvalue weighted by molar-refractivity contribution is 0.143. The van der Waals surface area contributed by atoms with Gasteiger partial charge in [0.15, 0.2) is 0 Å². The van der Waals surface area contributed by atoms with Crippen molar-refractivity contribution in [1.82, 2.24) is 9.88 Å². The highest BCUT2D eigenvalue weighted by molar-refractivity contribution is 5.09. The SMILES string of the molecule is CN(Cc1ccncc1)C(CN)C1CCCCC1. The van der Waals surface area contributed by atoms with Crippen molar-refractivity contribution in [1.29, 1.82) is 0 Å². The Morgan fingerprint density at radius 2 is 1.94 bits per heavy atom. The number of aromatic nitrogens is 1. The predicted molar refractivity (Wildman–Crippen MR) is 75.1 cm³/mol. The number of nitrogens with zero attached hydrogens (tertiary/aromatic N) is 2. The fourth-order valence-corrected chi connectivity index (χ4v) is 3.14. The lowest BCUT2D eigenvalue weighted by Crippen LogP contribution is -2.43. The second-order valence-electron chi connectivity index (χ2n) is 5.47. The van der Waals surface area contributed by atoms with Crippen LogP contribution in [0.2, 0.25) is 0 Å². The van der Waals surface area contributed by atoms with Crippen LogP contribution in [0.4, 0.5) is 0 Å². The van der Waals surface area contributed by atoms with Gasteiger partial charge in [-0.2, -0.15) is 0 Å². The van der Waals surface area contributed by atoms with Gasteiger partial charge < -0.3 is 5.73 Å². The Bertz CT molecular complexity index is 333. The van der Waals surface area contributed by atoms with Gasteiger partial charge in [0.2, 0.25) is 0 Å². The molecule has 1 aliphatic carbocycles. The lowest BCUT2D eigenvalue weighted by atomic mass is 9.83. The van der Waals surface area contributed by atoms with Crippen molar-refractivity contribution in [2.24, 2.45) is 11.7 Å². The van der Waals surface area contributed by atoms with E-state index in [0.717, 1.165) is 19.0 Å². The van der Waals surface area contributed by atoms with Gasteiger partial charge in [-0.15, -0.1) is 0 Å². The summed E-state index contributed by atoms with van der Waals surface area (Å²) >= 11 is 0. The largest absolute Gasteiger partial charge is 0.329 e. The molecule has 0 bridgehead atoms. The zero-order chi connectivity index (χ0) is 12.8. The first kappa shape index (κ1) is 13.5. The molecule has 2 N–H and O–H groups in total. The van der Waals surface area contributed by atoms with E-state index in [1.54, 1.807) is 0 Å². The monoisotopic (exact) mass is 247 g/mol. The molecule has 1 atom stereocenters. The highest BCUT2D eigenvalue weighted by Crippen LogP contribution is 2.28. The zero-order valence-corrected chi connectivity index (χ0v) is 11.4. The van der Waals surface area contributed by atoms with Crippen LogP contribution in [0.3, 0.4) is 0 Å². The van der Waals surface area contributed by atoms with Gasteiger partial charge in [0.1, 0.15) is 0 Å². The molecule has 1 aromatic rings. The van der Waals surface area contributed by atoms with E-state index in [-0.39, 0.29) is 0 Å². The van der Waals surface area contributed by atoms with Gasteiger partial charge in [-0.25, -0.2) is 0 Å². The fourth-order valence-electron chi connectivity index (χ4n) is 3.14.